The second-order valence-corrected chi connectivity index (χ2v) is 14.7. The molecule has 0 spiro atoms. The number of β-lactam (4-membered cyclic amide) rings is 1. The molecule has 5 aromatic rings. The number of nitrogens with one attached hydrogen (secondary N) is 2. The van der Waals surface area contributed by atoms with Crippen molar-refractivity contribution in [3.63, 3.8) is 0 Å². The summed E-state index contributed by atoms with van der Waals surface area (Å²) >= 11 is 3.50. The summed E-state index contributed by atoms with van der Waals surface area (Å²) in [6, 6.07) is 12.4. The maximum atomic E-state index is 13.6. The molecule has 2 amide bonds. The Balaban J connectivity index is 1.11. The van der Waals surface area contributed by atoms with Crippen LogP contribution in [0.15, 0.2) is 92.7 Å². The van der Waals surface area contributed by atoms with Gasteiger partial charge in [-0.15, -0.1) is 34.9 Å². The lowest BCUT2D eigenvalue weighted by atomic mass is 10.1. The second kappa shape index (κ2) is 16.0. The highest BCUT2D eigenvalue weighted by atomic mass is 32.2. The highest BCUT2D eigenvalue weighted by Crippen LogP contribution is 2.43. The van der Waals surface area contributed by atoms with Crippen LogP contribution in [-0.2, 0) is 25.8 Å². The zero-order valence-electron chi connectivity index (χ0n) is 28.4. The summed E-state index contributed by atoms with van der Waals surface area (Å²) in [6.07, 6.45) is 0.850. The van der Waals surface area contributed by atoms with E-state index in [4.69, 9.17) is 20.3 Å². The van der Waals surface area contributed by atoms with E-state index < -0.39 is 47.3 Å². The first-order chi connectivity index (χ1) is 27.0. The third-order valence-electron chi connectivity index (χ3n) is 8.09. The number of carbonyl (C=O) groups is 3. The topological polar surface area (TPSA) is 289 Å². The molecule has 19 nitrogen and oxygen atoms in total. The summed E-state index contributed by atoms with van der Waals surface area (Å²) in [6.45, 7) is -0.399. The molecule has 0 aliphatic carbocycles. The number of aromatic nitrogens is 5. The predicted octanol–water partition coefficient (Wildman–Crippen LogP) is 3.07. The first-order valence-corrected chi connectivity index (χ1v) is 19.0. The number of carbonyl (C=O) groups excluding carboxylic acids is 2. The van der Waals surface area contributed by atoms with Crippen molar-refractivity contribution in [2.45, 2.75) is 23.0 Å². The highest BCUT2D eigenvalue weighted by Gasteiger charge is 2.54. The Bertz CT molecular complexity index is 2480. The summed E-state index contributed by atoms with van der Waals surface area (Å²) in [5.74, 6) is -2.25. The van der Waals surface area contributed by atoms with Gasteiger partial charge in [-0.05, 0) is 17.7 Å². The van der Waals surface area contributed by atoms with Gasteiger partial charge in [-0.1, -0.05) is 41.6 Å². The maximum Gasteiger partial charge on any atom is 0.512 e. The molecular weight excluding hydrogens is 791 g/mol. The van der Waals surface area contributed by atoms with Crippen LogP contribution in [0, 0.1) is 0 Å². The first-order valence-electron chi connectivity index (χ1n) is 16.1. The van der Waals surface area contributed by atoms with Crippen LogP contribution in [0.3, 0.4) is 0 Å². The Morgan fingerprint density at radius 2 is 1.84 bits per heavy atom. The van der Waals surface area contributed by atoms with Crippen molar-refractivity contribution in [3.8, 4) is 39.8 Å². The number of fused-ring (bicyclic) bond motifs is 1. The van der Waals surface area contributed by atoms with E-state index in [-0.39, 0.29) is 51.2 Å². The zero-order valence-corrected chi connectivity index (χ0v) is 30.8. The summed E-state index contributed by atoms with van der Waals surface area (Å²) in [4.78, 5) is 76.6. The van der Waals surface area contributed by atoms with E-state index in [1.54, 1.807) is 12.3 Å². The summed E-state index contributed by atoms with van der Waals surface area (Å²) in [7, 11) is 0. The molecule has 0 radical (unpaired) electrons. The summed E-state index contributed by atoms with van der Waals surface area (Å²) in [5, 5.41) is 46.9. The smallest absolute Gasteiger partial charge is 0.504 e. The number of thioether (sulfide) groups is 2. The van der Waals surface area contributed by atoms with Crippen LogP contribution in [-0.4, -0.2) is 96.8 Å². The first kappa shape index (κ1) is 37.7. The van der Waals surface area contributed by atoms with Crippen molar-refractivity contribution >= 4 is 63.7 Å². The number of nitrogen functional groups attached to an aromatic ring is 1. The molecule has 7 rings (SSSR count). The number of nitrogens with zero attached hydrogens (tertiary/aromatic N) is 6. The van der Waals surface area contributed by atoms with Crippen LogP contribution < -0.4 is 16.6 Å². The number of amides is 2. The van der Waals surface area contributed by atoms with Gasteiger partial charge >= 0.3 is 6.16 Å². The van der Waals surface area contributed by atoms with E-state index >= 15 is 0 Å². The lowest BCUT2D eigenvalue weighted by Crippen LogP contribution is -2.70. The van der Waals surface area contributed by atoms with Gasteiger partial charge in [0.2, 0.25) is 5.88 Å². The highest BCUT2D eigenvalue weighted by molar-refractivity contribution is 8.01. The van der Waals surface area contributed by atoms with Crippen LogP contribution in [0.25, 0.3) is 22.5 Å². The molecule has 2 aliphatic heterocycles. The van der Waals surface area contributed by atoms with Crippen LogP contribution in [0.4, 0.5) is 9.93 Å². The number of hydrogen-bond donors (Lipinski definition) is 7. The Morgan fingerprint density at radius 3 is 2.55 bits per heavy atom. The molecule has 56 heavy (non-hydrogen) atoms. The number of aromatic amines is 1. The van der Waals surface area contributed by atoms with Gasteiger partial charge in [0.05, 0.1) is 6.20 Å². The molecule has 2 aromatic carbocycles. The van der Waals surface area contributed by atoms with Crippen molar-refractivity contribution in [1.82, 2.24) is 35.1 Å². The number of thiazole rings is 1. The molecule has 1 saturated heterocycles. The molecule has 0 unspecified atom stereocenters. The zero-order chi connectivity index (χ0) is 39.5. The van der Waals surface area contributed by atoms with Crippen LogP contribution in [0.2, 0.25) is 0 Å². The lowest BCUT2D eigenvalue weighted by Gasteiger charge is -2.49. The maximum absolute atomic E-state index is 13.6. The van der Waals surface area contributed by atoms with E-state index in [1.807, 2.05) is 30.3 Å². The summed E-state index contributed by atoms with van der Waals surface area (Å²) < 4.78 is 5.17. The van der Waals surface area contributed by atoms with Crippen molar-refractivity contribution in [2.24, 2.45) is 5.16 Å². The van der Waals surface area contributed by atoms with E-state index in [9.17, 15) is 39.6 Å². The number of carboxylic acid groups (broad SMARTS) is 1. The number of phenolic OH excluding ortho intramolecular Hbond substituents is 2. The molecule has 286 valence electrons. The molecule has 8 N–H and O–H groups in total. The second-order valence-electron chi connectivity index (χ2n) is 11.7. The van der Waals surface area contributed by atoms with Gasteiger partial charge in [0.25, 0.3) is 17.4 Å². The minimum absolute atomic E-state index is 0.00328. The number of oxime groups is 1. The fraction of sp³-hybridized carbons (Fsp3) is 0.147. The SMILES string of the molecule is Nc1nc(/C(=N/OCc2ncc(O)c(=O)[nH]2)C(=O)N[C@@H]2C(=O)N3C(OC(=O)O)=C(CSc4nc(-c5ccccc5)ncc4-c4ccc(O)c(O)c4)CS[C@H]23)cs1. The number of aromatic hydroxyl groups is 3. The van der Waals surface area contributed by atoms with Gasteiger partial charge in [-0.3, -0.25) is 19.3 Å². The quantitative estimate of drug-likeness (QED) is 0.0181. The number of phenols is 2. The number of anilines is 1. The number of nitrogens with two attached hydrogens (primary N) is 1. The fourth-order valence-electron chi connectivity index (χ4n) is 5.42. The van der Waals surface area contributed by atoms with Crippen molar-refractivity contribution < 1.29 is 44.4 Å². The number of benzene rings is 2. The van der Waals surface area contributed by atoms with Gasteiger partial charge < -0.3 is 46.0 Å². The van der Waals surface area contributed by atoms with Crippen LogP contribution in [0.5, 0.6) is 17.2 Å². The average Bonchev–Trinajstić information content (AvgIpc) is 3.62. The summed E-state index contributed by atoms with van der Waals surface area (Å²) in [5.41, 5.74) is 6.87. The third-order valence-corrected chi connectivity index (χ3v) is 11.2. The van der Waals surface area contributed by atoms with Gasteiger partial charge in [0.1, 0.15) is 28.0 Å². The molecule has 3 aromatic heterocycles. The number of rotatable bonds is 12. The van der Waals surface area contributed by atoms with Crippen molar-refractivity contribution in [3.05, 3.63) is 99.6 Å². The molecule has 2 aliphatic rings. The minimum Gasteiger partial charge on any atom is -0.504 e. The van der Waals surface area contributed by atoms with Crippen LogP contribution in [0.1, 0.15) is 11.5 Å². The molecule has 1 fully saturated rings. The molecular formula is C34H27N9O10S3. The normalized spacial score (nSPS) is 16.5. The number of ether oxygens (including phenoxy) is 1. The van der Waals surface area contributed by atoms with Gasteiger partial charge in [0, 0.05) is 39.8 Å². The van der Waals surface area contributed by atoms with Gasteiger partial charge in [0.15, 0.2) is 40.5 Å². The molecule has 0 bridgehead atoms. The standard InChI is InChI=1S/C34H27N9O10S3/c35-33-38-19(14-56-33)24(42-52-11-23-36-10-22(46)27(47)39-23)28(48)40-25-30(49)43-31(53-34(50)51)17(13-55-32(25)43)12-54-29-18(16-6-7-20(44)21(45)8-16)9-37-26(41-29)15-4-2-1-3-5-15/h1-10,14,25,32,44-46H,11-13H2,(H2,35,38)(H,40,48)(H,50,51)(H,36,39,47)/b42-24-/t25-,32-/m1/s1. The van der Waals surface area contributed by atoms with E-state index in [0.29, 0.717) is 27.6 Å². The van der Waals surface area contributed by atoms with Gasteiger partial charge in [-0.25, -0.2) is 24.7 Å². The van der Waals surface area contributed by atoms with Crippen molar-refractivity contribution in [1.29, 1.82) is 0 Å². The number of H-pyrrole nitrogens is 1. The Hall–Kier alpha value is -6.65. The molecule has 22 heteroatoms. The van der Waals surface area contributed by atoms with Gasteiger partial charge in [-0.2, -0.15) is 0 Å². The average molecular weight is 818 g/mol. The third kappa shape index (κ3) is 7.92. The molecule has 5 heterocycles. The van der Waals surface area contributed by atoms with E-state index in [1.165, 1.54) is 41.0 Å². The minimum atomic E-state index is -1.65. The monoisotopic (exact) mass is 817 g/mol. The predicted molar refractivity (Wildman–Crippen MR) is 202 cm³/mol. The number of hydrogen-bond acceptors (Lipinski definition) is 18. The van der Waals surface area contributed by atoms with E-state index in [2.05, 4.69) is 30.4 Å². The Labute approximate surface area is 327 Å². The van der Waals surface area contributed by atoms with Crippen LogP contribution >= 0.6 is 34.9 Å². The lowest BCUT2D eigenvalue weighted by molar-refractivity contribution is -0.148. The fourth-order valence-corrected chi connectivity index (χ4v) is 8.44. The Morgan fingerprint density at radius 1 is 1.04 bits per heavy atom. The Kier molecular flexibility index (Phi) is 10.7. The molecule has 2 atom stereocenters. The van der Waals surface area contributed by atoms with Crippen molar-refractivity contribution in [2.75, 3.05) is 17.2 Å². The van der Waals surface area contributed by atoms with E-state index in [0.717, 1.165) is 28.0 Å². The largest absolute Gasteiger partial charge is 0.512 e. The molecule has 0 saturated carbocycles.